The summed E-state index contributed by atoms with van der Waals surface area (Å²) < 4.78 is 4.78. The van der Waals surface area contributed by atoms with Crippen molar-refractivity contribution >= 4 is 17.8 Å². The Labute approximate surface area is 164 Å². The molecular formula is C21H38N2O4. The summed E-state index contributed by atoms with van der Waals surface area (Å²) in [6.45, 7) is 9.68. The van der Waals surface area contributed by atoms with Crippen LogP contribution in [0.25, 0.3) is 0 Å². The number of methoxy groups -OCH3 is 1. The van der Waals surface area contributed by atoms with Crippen molar-refractivity contribution in [2.45, 2.75) is 85.2 Å². The molecule has 1 fully saturated rings. The van der Waals surface area contributed by atoms with Crippen LogP contribution in [0.15, 0.2) is 0 Å². The van der Waals surface area contributed by atoms with Crippen LogP contribution < -0.4 is 10.6 Å². The van der Waals surface area contributed by atoms with E-state index in [1.807, 2.05) is 27.7 Å². The Kier molecular flexibility index (Phi) is 9.81. The molecule has 2 unspecified atom stereocenters. The lowest BCUT2D eigenvalue weighted by atomic mass is 9.79. The maximum atomic E-state index is 12.7. The molecule has 0 heterocycles. The van der Waals surface area contributed by atoms with Crippen molar-refractivity contribution in [2.75, 3.05) is 7.11 Å². The van der Waals surface area contributed by atoms with Crippen LogP contribution in [0.5, 0.6) is 0 Å². The van der Waals surface area contributed by atoms with Crippen molar-refractivity contribution < 1.29 is 19.1 Å². The van der Waals surface area contributed by atoms with Crippen LogP contribution in [0.1, 0.15) is 73.1 Å². The van der Waals surface area contributed by atoms with Crippen molar-refractivity contribution in [1.29, 1.82) is 0 Å². The van der Waals surface area contributed by atoms with Gasteiger partial charge in [-0.25, -0.2) is 4.79 Å². The molecule has 1 aliphatic carbocycles. The molecule has 2 atom stereocenters. The van der Waals surface area contributed by atoms with Crippen LogP contribution in [0.4, 0.5) is 0 Å². The van der Waals surface area contributed by atoms with Gasteiger partial charge in [0.1, 0.15) is 12.1 Å². The monoisotopic (exact) mass is 382 g/mol. The topological polar surface area (TPSA) is 84.5 Å². The number of hydrogen-bond donors (Lipinski definition) is 2. The molecule has 0 radical (unpaired) electrons. The second-order valence-corrected chi connectivity index (χ2v) is 8.49. The number of esters is 1. The fraction of sp³-hybridized carbons (Fsp3) is 0.857. The van der Waals surface area contributed by atoms with Gasteiger partial charge in [0.15, 0.2) is 0 Å². The first-order valence-corrected chi connectivity index (χ1v) is 10.4. The molecule has 1 rings (SSSR count). The van der Waals surface area contributed by atoms with E-state index in [9.17, 15) is 14.4 Å². The van der Waals surface area contributed by atoms with E-state index in [0.29, 0.717) is 0 Å². The van der Waals surface area contributed by atoms with E-state index in [1.165, 1.54) is 20.0 Å². The van der Waals surface area contributed by atoms with Crippen LogP contribution in [-0.4, -0.2) is 37.0 Å². The zero-order valence-corrected chi connectivity index (χ0v) is 17.8. The molecule has 2 N–H and O–H groups in total. The van der Waals surface area contributed by atoms with Gasteiger partial charge in [-0.3, -0.25) is 9.59 Å². The summed E-state index contributed by atoms with van der Waals surface area (Å²) in [5, 5.41) is 5.68. The van der Waals surface area contributed by atoms with Crippen LogP contribution in [0, 0.1) is 23.7 Å². The second-order valence-electron chi connectivity index (χ2n) is 8.49. The van der Waals surface area contributed by atoms with E-state index in [1.54, 1.807) is 0 Å². The molecule has 27 heavy (non-hydrogen) atoms. The van der Waals surface area contributed by atoms with Crippen molar-refractivity contribution in [3.8, 4) is 0 Å². The highest BCUT2D eigenvalue weighted by Gasteiger charge is 2.33. The number of rotatable bonds is 9. The van der Waals surface area contributed by atoms with Gasteiger partial charge < -0.3 is 15.4 Å². The molecule has 0 aromatic heterocycles. The third-order valence-electron chi connectivity index (χ3n) is 5.58. The molecular weight excluding hydrogens is 344 g/mol. The van der Waals surface area contributed by atoms with Gasteiger partial charge in [-0.1, -0.05) is 47.5 Å². The standard InChI is InChI=1S/C21H38N2O4/c1-7-8-15-9-11-16(12-10-15)19(24)22-17(13(2)3)20(25)23-18(14(4)5)21(26)27-6/h13-18H,7-12H2,1-6H3,(H,22,24)(H,23,25). The van der Waals surface area contributed by atoms with E-state index in [4.69, 9.17) is 4.74 Å². The first kappa shape index (κ1) is 23.4. The molecule has 0 bridgehead atoms. The number of carbonyl (C=O) groups is 3. The summed E-state index contributed by atoms with van der Waals surface area (Å²) in [5.41, 5.74) is 0. The van der Waals surface area contributed by atoms with Crippen LogP contribution >= 0.6 is 0 Å². The van der Waals surface area contributed by atoms with Gasteiger partial charge in [0, 0.05) is 5.92 Å². The highest BCUT2D eigenvalue weighted by molar-refractivity contribution is 5.91. The zero-order valence-electron chi connectivity index (χ0n) is 17.8. The van der Waals surface area contributed by atoms with Gasteiger partial charge in [0.2, 0.25) is 11.8 Å². The van der Waals surface area contributed by atoms with Crippen LogP contribution in [0.2, 0.25) is 0 Å². The maximum Gasteiger partial charge on any atom is 0.328 e. The van der Waals surface area contributed by atoms with Crippen molar-refractivity contribution in [3.63, 3.8) is 0 Å². The average Bonchev–Trinajstić information content (AvgIpc) is 2.63. The molecule has 6 heteroatoms. The first-order valence-electron chi connectivity index (χ1n) is 10.4. The van der Waals surface area contributed by atoms with Crippen LogP contribution in [0.3, 0.4) is 0 Å². The predicted octanol–water partition coefficient (Wildman–Crippen LogP) is 3.05. The van der Waals surface area contributed by atoms with E-state index < -0.39 is 18.1 Å². The molecule has 0 saturated heterocycles. The number of nitrogens with one attached hydrogen (secondary N) is 2. The Morgan fingerprint density at radius 2 is 1.48 bits per heavy atom. The molecule has 0 spiro atoms. The minimum Gasteiger partial charge on any atom is -0.467 e. The summed E-state index contributed by atoms with van der Waals surface area (Å²) in [7, 11) is 1.31. The van der Waals surface area contributed by atoms with Crippen molar-refractivity contribution in [1.82, 2.24) is 10.6 Å². The lowest BCUT2D eigenvalue weighted by molar-refractivity contribution is -0.147. The molecule has 156 valence electrons. The largest absolute Gasteiger partial charge is 0.467 e. The molecule has 6 nitrogen and oxygen atoms in total. The molecule has 0 aromatic rings. The SMILES string of the molecule is CCCC1CCC(C(=O)NC(C(=O)NC(C(=O)OC)C(C)C)C(C)C)CC1. The Balaban J connectivity index is 2.68. The van der Waals surface area contributed by atoms with E-state index >= 15 is 0 Å². The lowest BCUT2D eigenvalue weighted by Crippen LogP contribution is -2.56. The summed E-state index contributed by atoms with van der Waals surface area (Å²) in [6.07, 6.45) is 6.37. The maximum absolute atomic E-state index is 12.7. The minimum absolute atomic E-state index is 0.0198. The summed E-state index contributed by atoms with van der Waals surface area (Å²) >= 11 is 0. The highest BCUT2D eigenvalue weighted by Crippen LogP contribution is 2.31. The predicted molar refractivity (Wildman–Crippen MR) is 106 cm³/mol. The van der Waals surface area contributed by atoms with Gasteiger partial charge in [-0.2, -0.15) is 0 Å². The molecule has 0 aliphatic heterocycles. The summed E-state index contributed by atoms with van der Waals surface area (Å²) in [5.74, 6) is -0.306. The van der Waals surface area contributed by atoms with Gasteiger partial charge in [-0.05, 0) is 43.4 Å². The first-order chi connectivity index (χ1) is 12.7. The summed E-state index contributed by atoms with van der Waals surface area (Å²) in [6, 6.07) is -1.37. The van der Waals surface area contributed by atoms with E-state index in [-0.39, 0.29) is 29.6 Å². The second kappa shape index (κ2) is 11.3. The molecule has 1 saturated carbocycles. The van der Waals surface area contributed by atoms with E-state index in [0.717, 1.165) is 31.6 Å². The third kappa shape index (κ3) is 7.15. The zero-order chi connectivity index (χ0) is 20.6. The molecule has 1 aliphatic rings. The smallest absolute Gasteiger partial charge is 0.328 e. The van der Waals surface area contributed by atoms with Gasteiger partial charge >= 0.3 is 5.97 Å². The quantitative estimate of drug-likeness (QED) is 0.600. The fourth-order valence-electron chi connectivity index (χ4n) is 3.80. The summed E-state index contributed by atoms with van der Waals surface area (Å²) in [4.78, 5) is 37.4. The third-order valence-corrected chi connectivity index (χ3v) is 5.58. The van der Waals surface area contributed by atoms with Gasteiger partial charge in [0.05, 0.1) is 7.11 Å². The Hall–Kier alpha value is -1.59. The number of carbonyl (C=O) groups excluding carboxylic acids is 3. The lowest BCUT2D eigenvalue weighted by Gasteiger charge is -2.30. The normalized spacial score (nSPS) is 22.2. The Morgan fingerprint density at radius 1 is 0.926 bits per heavy atom. The van der Waals surface area contributed by atoms with Crippen LogP contribution in [-0.2, 0) is 19.1 Å². The average molecular weight is 383 g/mol. The van der Waals surface area contributed by atoms with E-state index in [2.05, 4.69) is 17.6 Å². The molecule has 0 aromatic carbocycles. The van der Waals surface area contributed by atoms with Gasteiger partial charge in [0.25, 0.3) is 0 Å². The Morgan fingerprint density at radius 3 is 1.93 bits per heavy atom. The van der Waals surface area contributed by atoms with Crippen molar-refractivity contribution in [3.05, 3.63) is 0 Å². The fourth-order valence-corrected chi connectivity index (χ4v) is 3.80. The van der Waals surface area contributed by atoms with Gasteiger partial charge in [-0.15, -0.1) is 0 Å². The number of hydrogen-bond acceptors (Lipinski definition) is 4. The highest BCUT2D eigenvalue weighted by atomic mass is 16.5. The minimum atomic E-state index is -0.717. The van der Waals surface area contributed by atoms with Crippen molar-refractivity contribution in [2.24, 2.45) is 23.7 Å². The Bertz CT molecular complexity index is 496. The number of amides is 2. The number of ether oxygens (including phenoxy) is 1. The molecule has 2 amide bonds.